The van der Waals surface area contributed by atoms with Crippen molar-refractivity contribution in [3.63, 3.8) is 0 Å². The second kappa shape index (κ2) is 7.62. The van der Waals surface area contributed by atoms with Crippen molar-refractivity contribution in [1.29, 1.82) is 0 Å². The van der Waals surface area contributed by atoms with E-state index in [4.69, 9.17) is 4.74 Å². The van der Waals surface area contributed by atoms with Gasteiger partial charge in [0.15, 0.2) is 0 Å². The molecule has 3 fully saturated rings. The van der Waals surface area contributed by atoms with Crippen molar-refractivity contribution in [1.82, 2.24) is 19.6 Å². The molecule has 1 aliphatic carbocycles. The van der Waals surface area contributed by atoms with Gasteiger partial charge in [0.05, 0.1) is 11.8 Å². The third-order valence-corrected chi connectivity index (χ3v) is 6.31. The molecule has 148 valence electrons. The van der Waals surface area contributed by atoms with Crippen molar-refractivity contribution in [2.24, 2.45) is 13.0 Å². The number of rotatable bonds is 4. The summed E-state index contributed by atoms with van der Waals surface area (Å²) in [5.74, 6) is 0.550. The molecule has 3 aliphatic rings. The first kappa shape index (κ1) is 18.5. The fourth-order valence-electron chi connectivity index (χ4n) is 4.41. The molecule has 7 heteroatoms. The highest BCUT2D eigenvalue weighted by molar-refractivity contribution is 5.95. The topological polar surface area (TPSA) is 67.7 Å². The fraction of sp³-hybridized carbons (Fsp3) is 0.750. The van der Waals surface area contributed by atoms with Crippen molar-refractivity contribution in [2.45, 2.75) is 57.5 Å². The molecule has 0 radical (unpaired) electrons. The Morgan fingerprint density at radius 3 is 2.52 bits per heavy atom. The van der Waals surface area contributed by atoms with E-state index in [-0.39, 0.29) is 23.9 Å². The molecule has 2 aliphatic heterocycles. The van der Waals surface area contributed by atoms with Crippen LogP contribution in [-0.4, -0.2) is 69.8 Å². The Balaban J connectivity index is 1.51. The minimum absolute atomic E-state index is 0.0381. The summed E-state index contributed by atoms with van der Waals surface area (Å²) in [6.45, 7) is 4.76. The predicted molar refractivity (Wildman–Crippen MR) is 100 cm³/mol. The minimum atomic E-state index is 0.0381. The lowest BCUT2D eigenvalue weighted by molar-refractivity contribution is -0.141. The minimum Gasteiger partial charge on any atom is -0.381 e. The molecule has 2 saturated heterocycles. The Kier molecular flexibility index (Phi) is 5.21. The Morgan fingerprint density at radius 2 is 1.89 bits per heavy atom. The van der Waals surface area contributed by atoms with E-state index in [1.54, 1.807) is 10.9 Å². The van der Waals surface area contributed by atoms with Crippen LogP contribution in [0.3, 0.4) is 0 Å². The Morgan fingerprint density at radius 1 is 1.15 bits per heavy atom. The van der Waals surface area contributed by atoms with E-state index >= 15 is 0 Å². The van der Waals surface area contributed by atoms with Crippen LogP contribution in [0.15, 0.2) is 6.20 Å². The van der Waals surface area contributed by atoms with E-state index in [1.165, 1.54) is 0 Å². The summed E-state index contributed by atoms with van der Waals surface area (Å²) >= 11 is 0. The van der Waals surface area contributed by atoms with Crippen LogP contribution in [0, 0.1) is 12.8 Å². The maximum Gasteiger partial charge on any atom is 0.257 e. The number of carbonyl (C=O) groups excluding carboxylic acids is 2. The zero-order chi connectivity index (χ0) is 19.0. The first-order valence-electron chi connectivity index (χ1n) is 10.2. The van der Waals surface area contributed by atoms with Crippen LogP contribution >= 0.6 is 0 Å². The van der Waals surface area contributed by atoms with Crippen LogP contribution < -0.4 is 0 Å². The summed E-state index contributed by atoms with van der Waals surface area (Å²) in [4.78, 5) is 30.2. The Hall–Kier alpha value is -1.89. The van der Waals surface area contributed by atoms with E-state index in [0.717, 1.165) is 64.0 Å². The second-order valence-corrected chi connectivity index (χ2v) is 8.18. The Bertz CT molecular complexity index is 706. The lowest BCUT2D eigenvalue weighted by Crippen LogP contribution is -2.56. The molecule has 0 aromatic carbocycles. The zero-order valence-corrected chi connectivity index (χ0v) is 16.4. The van der Waals surface area contributed by atoms with Gasteiger partial charge in [-0.15, -0.1) is 0 Å². The highest BCUT2D eigenvalue weighted by atomic mass is 16.5. The van der Waals surface area contributed by atoms with Gasteiger partial charge in [-0.05, 0) is 45.4 Å². The maximum absolute atomic E-state index is 13.1. The molecule has 1 aromatic rings. The molecular formula is C20H30N4O3. The molecule has 27 heavy (non-hydrogen) atoms. The zero-order valence-electron chi connectivity index (χ0n) is 16.4. The molecule has 0 bridgehead atoms. The van der Waals surface area contributed by atoms with Gasteiger partial charge in [0, 0.05) is 57.0 Å². The highest BCUT2D eigenvalue weighted by Gasteiger charge is 2.41. The summed E-state index contributed by atoms with van der Waals surface area (Å²) in [5, 5.41) is 4.21. The third-order valence-electron chi connectivity index (χ3n) is 6.31. The van der Waals surface area contributed by atoms with Gasteiger partial charge in [0.25, 0.3) is 5.91 Å². The molecule has 1 saturated carbocycles. The van der Waals surface area contributed by atoms with Gasteiger partial charge in [0.2, 0.25) is 5.91 Å². The first-order chi connectivity index (χ1) is 13.1. The lowest BCUT2D eigenvalue weighted by Gasteiger charge is -2.44. The SMILES string of the molecule is Cc1c(C(=O)N2CCCC(N(C(=O)C3CC3)C3CCOCC3)C2)cnn1C. The number of aromatic nitrogens is 2. The van der Waals surface area contributed by atoms with Gasteiger partial charge in [-0.3, -0.25) is 14.3 Å². The monoisotopic (exact) mass is 374 g/mol. The summed E-state index contributed by atoms with van der Waals surface area (Å²) in [6.07, 6.45) is 7.42. The number of aryl methyl sites for hydroxylation is 1. The lowest BCUT2D eigenvalue weighted by atomic mass is 9.97. The normalized spacial score (nSPS) is 24.1. The maximum atomic E-state index is 13.1. The van der Waals surface area contributed by atoms with Crippen LogP contribution in [-0.2, 0) is 16.6 Å². The summed E-state index contributed by atoms with van der Waals surface area (Å²) in [7, 11) is 1.85. The molecule has 0 N–H and O–H groups in total. The van der Waals surface area contributed by atoms with Crippen molar-refractivity contribution >= 4 is 11.8 Å². The van der Waals surface area contributed by atoms with Gasteiger partial charge < -0.3 is 14.5 Å². The van der Waals surface area contributed by atoms with Crippen LogP contribution in [0.25, 0.3) is 0 Å². The van der Waals surface area contributed by atoms with Crippen molar-refractivity contribution in [3.8, 4) is 0 Å². The molecule has 0 spiro atoms. The molecule has 1 unspecified atom stereocenters. The van der Waals surface area contributed by atoms with Gasteiger partial charge in [0.1, 0.15) is 0 Å². The average Bonchev–Trinajstić information content (AvgIpc) is 3.49. The quantitative estimate of drug-likeness (QED) is 0.805. The highest BCUT2D eigenvalue weighted by Crippen LogP contribution is 2.35. The van der Waals surface area contributed by atoms with Crippen molar-refractivity contribution in [3.05, 3.63) is 17.5 Å². The number of hydrogen-bond donors (Lipinski definition) is 0. The number of piperidine rings is 1. The molecule has 4 rings (SSSR count). The standard InChI is InChI=1S/C20H30N4O3/c1-14-18(12-21-22(14)2)20(26)23-9-3-4-17(13-23)24(19(25)15-5-6-15)16-7-10-27-11-8-16/h12,15-17H,3-11,13H2,1-2H3. The van der Waals surface area contributed by atoms with E-state index < -0.39 is 0 Å². The van der Waals surface area contributed by atoms with E-state index in [1.807, 2.05) is 18.9 Å². The molecule has 7 nitrogen and oxygen atoms in total. The predicted octanol–water partition coefficient (Wildman–Crippen LogP) is 1.75. The van der Waals surface area contributed by atoms with Gasteiger partial charge in [-0.25, -0.2) is 0 Å². The van der Waals surface area contributed by atoms with E-state index in [0.29, 0.717) is 18.0 Å². The Labute approximate surface area is 160 Å². The second-order valence-electron chi connectivity index (χ2n) is 8.18. The molecule has 1 aromatic heterocycles. The van der Waals surface area contributed by atoms with E-state index in [2.05, 4.69) is 10.00 Å². The largest absolute Gasteiger partial charge is 0.381 e. The first-order valence-corrected chi connectivity index (χ1v) is 10.2. The summed E-state index contributed by atoms with van der Waals surface area (Å²) in [6, 6.07) is 0.378. The van der Waals surface area contributed by atoms with Crippen LogP contribution in [0.4, 0.5) is 0 Å². The molecule has 1 atom stereocenters. The number of carbonyl (C=O) groups is 2. The molecule has 3 heterocycles. The van der Waals surface area contributed by atoms with Crippen molar-refractivity contribution in [2.75, 3.05) is 26.3 Å². The molecule has 2 amide bonds. The smallest absolute Gasteiger partial charge is 0.257 e. The van der Waals surface area contributed by atoms with Crippen LogP contribution in [0.5, 0.6) is 0 Å². The number of likely N-dealkylation sites (tertiary alicyclic amines) is 1. The number of nitrogens with zero attached hydrogens (tertiary/aromatic N) is 4. The van der Waals surface area contributed by atoms with Crippen LogP contribution in [0.2, 0.25) is 0 Å². The van der Waals surface area contributed by atoms with Crippen molar-refractivity contribution < 1.29 is 14.3 Å². The van der Waals surface area contributed by atoms with Gasteiger partial charge >= 0.3 is 0 Å². The fourth-order valence-corrected chi connectivity index (χ4v) is 4.41. The summed E-state index contributed by atoms with van der Waals surface area (Å²) < 4.78 is 7.25. The summed E-state index contributed by atoms with van der Waals surface area (Å²) in [5.41, 5.74) is 1.56. The van der Waals surface area contributed by atoms with Gasteiger partial charge in [-0.2, -0.15) is 5.10 Å². The van der Waals surface area contributed by atoms with E-state index in [9.17, 15) is 9.59 Å². The average molecular weight is 374 g/mol. The molecular weight excluding hydrogens is 344 g/mol. The van der Waals surface area contributed by atoms with Gasteiger partial charge in [-0.1, -0.05) is 0 Å². The number of amides is 2. The number of hydrogen-bond acceptors (Lipinski definition) is 4. The number of ether oxygens (including phenoxy) is 1. The third kappa shape index (κ3) is 3.74. The van der Waals surface area contributed by atoms with Crippen LogP contribution in [0.1, 0.15) is 54.6 Å².